The SMILES string of the molecule is Cc1cc2c3ccccc3n3c2c(c1C)C1=[N+](C)C=NC2OC(C(C)C)=C3C12. The normalized spacial score (nSPS) is 22.6. The molecule has 0 aliphatic carbocycles. The molecule has 4 heterocycles. The van der Waals surface area contributed by atoms with Crippen molar-refractivity contribution in [3.63, 3.8) is 0 Å². The smallest absolute Gasteiger partial charge is 0.294 e. The Balaban J connectivity index is 1.93. The van der Waals surface area contributed by atoms with Crippen molar-refractivity contribution in [1.29, 1.82) is 0 Å². The largest absolute Gasteiger partial charge is 0.449 e. The monoisotopic (exact) mass is 370 g/mol. The third-order valence-corrected chi connectivity index (χ3v) is 6.64. The van der Waals surface area contributed by atoms with Crippen LogP contribution in [0.4, 0.5) is 0 Å². The van der Waals surface area contributed by atoms with E-state index in [9.17, 15) is 0 Å². The highest BCUT2D eigenvalue weighted by Crippen LogP contribution is 2.50. The second kappa shape index (κ2) is 5.13. The third-order valence-electron chi connectivity index (χ3n) is 6.64. The Morgan fingerprint density at radius 2 is 1.93 bits per heavy atom. The highest BCUT2D eigenvalue weighted by atomic mass is 16.5. The molecule has 4 nitrogen and oxygen atoms in total. The van der Waals surface area contributed by atoms with Gasteiger partial charge in [0.1, 0.15) is 17.4 Å². The van der Waals surface area contributed by atoms with Crippen LogP contribution >= 0.6 is 0 Å². The Kier molecular flexibility index (Phi) is 2.95. The van der Waals surface area contributed by atoms with Crippen molar-refractivity contribution < 1.29 is 9.31 Å². The molecule has 0 amide bonds. The Morgan fingerprint density at radius 1 is 1.14 bits per heavy atom. The number of hydrogen-bond donors (Lipinski definition) is 0. The minimum Gasteiger partial charge on any atom is -0.449 e. The van der Waals surface area contributed by atoms with E-state index in [1.54, 1.807) is 0 Å². The van der Waals surface area contributed by atoms with E-state index in [0.717, 1.165) is 5.76 Å². The van der Waals surface area contributed by atoms with Crippen molar-refractivity contribution in [3.8, 4) is 0 Å². The molecule has 2 unspecified atom stereocenters. The number of nitrogens with zero attached hydrogens (tertiary/aromatic N) is 3. The van der Waals surface area contributed by atoms with Gasteiger partial charge in [-0.2, -0.15) is 0 Å². The van der Waals surface area contributed by atoms with Gasteiger partial charge in [-0.25, -0.2) is 4.58 Å². The summed E-state index contributed by atoms with van der Waals surface area (Å²) in [5.74, 6) is 1.53. The molecule has 4 heteroatoms. The molecule has 3 aromatic rings. The van der Waals surface area contributed by atoms with E-state index in [1.807, 2.05) is 6.34 Å². The van der Waals surface area contributed by atoms with Gasteiger partial charge in [-0.15, -0.1) is 0 Å². The molecule has 0 saturated heterocycles. The van der Waals surface area contributed by atoms with Gasteiger partial charge in [-0.05, 0) is 42.1 Å². The summed E-state index contributed by atoms with van der Waals surface area (Å²) in [6, 6.07) is 11.1. The molecule has 28 heavy (non-hydrogen) atoms. The Labute approximate surface area is 164 Å². The first kappa shape index (κ1) is 16.1. The van der Waals surface area contributed by atoms with Crippen LogP contribution in [-0.4, -0.2) is 34.5 Å². The number of benzene rings is 2. The summed E-state index contributed by atoms with van der Waals surface area (Å²) in [4.78, 5) is 4.74. The van der Waals surface area contributed by atoms with Gasteiger partial charge in [0, 0.05) is 22.3 Å². The molecule has 3 aliphatic rings. The summed E-state index contributed by atoms with van der Waals surface area (Å²) in [5.41, 5.74) is 9.22. The number of hydrogen-bond acceptors (Lipinski definition) is 2. The highest BCUT2D eigenvalue weighted by molar-refractivity contribution is 6.24. The molecular formula is C24H24N3O+. The number of allylic oxidation sites excluding steroid dienone is 1. The van der Waals surface area contributed by atoms with E-state index in [2.05, 4.69) is 74.2 Å². The van der Waals surface area contributed by atoms with Gasteiger partial charge in [-0.1, -0.05) is 32.0 Å². The van der Waals surface area contributed by atoms with Crippen molar-refractivity contribution in [3.05, 3.63) is 52.8 Å². The molecule has 0 N–H and O–H groups in total. The topological polar surface area (TPSA) is 29.5 Å². The van der Waals surface area contributed by atoms with Crippen LogP contribution in [-0.2, 0) is 4.74 Å². The van der Waals surface area contributed by atoms with Crippen LogP contribution in [0.5, 0.6) is 0 Å². The molecule has 2 atom stereocenters. The van der Waals surface area contributed by atoms with Gasteiger partial charge in [0.25, 0.3) is 12.6 Å². The highest BCUT2D eigenvalue weighted by Gasteiger charge is 2.52. The van der Waals surface area contributed by atoms with Crippen LogP contribution in [0.3, 0.4) is 0 Å². The van der Waals surface area contributed by atoms with Crippen LogP contribution in [0, 0.1) is 25.7 Å². The third kappa shape index (κ3) is 1.72. The zero-order chi connectivity index (χ0) is 19.3. The van der Waals surface area contributed by atoms with E-state index in [4.69, 9.17) is 9.73 Å². The molecule has 140 valence electrons. The molecule has 0 saturated carbocycles. The summed E-state index contributed by atoms with van der Waals surface area (Å²) >= 11 is 0. The van der Waals surface area contributed by atoms with E-state index >= 15 is 0 Å². The maximum Gasteiger partial charge on any atom is 0.294 e. The lowest BCUT2D eigenvalue weighted by Crippen LogP contribution is -2.40. The fraction of sp³-hybridized carbons (Fsp3) is 0.333. The van der Waals surface area contributed by atoms with Crippen molar-refractivity contribution in [2.24, 2.45) is 16.8 Å². The van der Waals surface area contributed by atoms with Crippen LogP contribution in [0.25, 0.3) is 27.5 Å². The average molecular weight is 370 g/mol. The minimum atomic E-state index is -0.164. The van der Waals surface area contributed by atoms with Gasteiger partial charge in [-0.3, -0.25) is 0 Å². The first-order valence-electron chi connectivity index (χ1n) is 10.1. The fourth-order valence-corrected chi connectivity index (χ4v) is 5.31. The summed E-state index contributed by atoms with van der Waals surface area (Å²) in [7, 11) is 2.12. The quantitative estimate of drug-likeness (QED) is 0.571. The van der Waals surface area contributed by atoms with E-state index in [1.165, 1.54) is 49.9 Å². The zero-order valence-corrected chi connectivity index (χ0v) is 16.9. The molecule has 3 aliphatic heterocycles. The van der Waals surface area contributed by atoms with Gasteiger partial charge in [0.15, 0.2) is 0 Å². The number of para-hydroxylation sites is 1. The van der Waals surface area contributed by atoms with Gasteiger partial charge in [0.2, 0.25) is 0 Å². The Morgan fingerprint density at radius 3 is 2.71 bits per heavy atom. The van der Waals surface area contributed by atoms with Crippen molar-refractivity contribution in [1.82, 2.24) is 4.57 Å². The van der Waals surface area contributed by atoms with Crippen molar-refractivity contribution >= 4 is 39.6 Å². The van der Waals surface area contributed by atoms with Crippen LogP contribution in [0.15, 0.2) is 41.1 Å². The molecule has 0 bridgehead atoms. The lowest BCUT2D eigenvalue weighted by molar-refractivity contribution is -0.366. The summed E-state index contributed by atoms with van der Waals surface area (Å²) in [5, 5.41) is 2.64. The first-order valence-corrected chi connectivity index (χ1v) is 10.1. The summed E-state index contributed by atoms with van der Waals surface area (Å²) < 4.78 is 11.1. The van der Waals surface area contributed by atoms with Crippen molar-refractivity contribution in [2.45, 2.75) is 33.9 Å². The van der Waals surface area contributed by atoms with Crippen LogP contribution < -0.4 is 0 Å². The first-order chi connectivity index (χ1) is 13.5. The second-order valence-corrected chi connectivity index (χ2v) is 8.59. The maximum absolute atomic E-state index is 6.45. The molecule has 2 aromatic carbocycles. The number of aromatic nitrogens is 1. The number of aliphatic imine (C=N–C) groups is 1. The predicted octanol–water partition coefficient (Wildman–Crippen LogP) is 4.70. The van der Waals surface area contributed by atoms with E-state index in [0.29, 0.717) is 5.92 Å². The fourth-order valence-electron chi connectivity index (χ4n) is 5.31. The number of aryl methyl sites for hydroxylation is 1. The Hall–Kier alpha value is -2.88. The molecule has 0 fully saturated rings. The van der Waals surface area contributed by atoms with E-state index < -0.39 is 0 Å². The summed E-state index contributed by atoms with van der Waals surface area (Å²) in [6.45, 7) is 8.90. The lowest BCUT2D eigenvalue weighted by Gasteiger charge is -2.29. The molecule has 0 radical (unpaired) electrons. The lowest BCUT2D eigenvalue weighted by atomic mass is 9.83. The Bertz CT molecular complexity index is 1300. The van der Waals surface area contributed by atoms with Gasteiger partial charge >= 0.3 is 0 Å². The number of rotatable bonds is 1. The number of ether oxygens (including phenoxy) is 1. The number of fused-ring (bicyclic) bond motifs is 5. The second-order valence-electron chi connectivity index (χ2n) is 8.59. The van der Waals surface area contributed by atoms with E-state index in [-0.39, 0.29) is 12.1 Å². The average Bonchev–Trinajstić information content (AvgIpc) is 3.21. The predicted molar refractivity (Wildman–Crippen MR) is 114 cm³/mol. The molecule has 6 rings (SSSR count). The maximum atomic E-state index is 6.45. The standard InChI is InChI=1S/C24H24N3O/c1-12(2)23-22-19-21(26(5)11-25-24(19)28-23)18-14(4)13(3)10-16-15-8-6-7-9-17(15)27(22)20(16)18/h6-12,19,24H,1-5H3/q+1. The van der Waals surface area contributed by atoms with Crippen molar-refractivity contribution in [2.75, 3.05) is 7.05 Å². The van der Waals surface area contributed by atoms with Gasteiger partial charge in [0.05, 0.1) is 23.8 Å². The summed E-state index contributed by atoms with van der Waals surface area (Å²) in [6.07, 6.45) is 1.77. The molecular weight excluding hydrogens is 346 g/mol. The zero-order valence-electron chi connectivity index (χ0n) is 16.9. The van der Waals surface area contributed by atoms with Crippen LogP contribution in [0.2, 0.25) is 0 Å². The van der Waals surface area contributed by atoms with Crippen LogP contribution in [0.1, 0.15) is 30.5 Å². The minimum absolute atomic E-state index is 0.138. The van der Waals surface area contributed by atoms with Gasteiger partial charge < -0.3 is 9.30 Å². The molecule has 0 spiro atoms. The molecule has 1 aromatic heterocycles.